The fourth-order valence-corrected chi connectivity index (χ4v) is 5.73. The van der Waals surface area contributed by atoms with Crippen molar-refractivity contribution in [3.05, 3.63) is 59.7 Å². The molecule has 4 rings (SSSR count). The molecule has 2 aliphatic heterocycles. The molecule has 0 unspecified atom stereocenters. The number of halogens is 2. The van der Waals surface area contributed by atoms with Gasteiger partial charge in [0.1, 0.15) is 0 Å². The Labute approximate surface area is 203 Å². The predicted molar refractivity (Wildman–Crippen MR) is 134 cm³/mol. The summed E-state index contributed by atoms with van der Waals surface area (Å²) in [5.74, 6) is 0. The molecule has 0 spiro atoms. The topological polar surface area (TPSA) is 145 Å². The highest BCUT2D eigenvalue weighted by atomic mass is 35.5. The minimum atomic E-state index is -3.66. The van der Waals surface area contributed by atoms with Gasteiger partial charge >= 0.3 is 0 Å². The van der Waals surface area contributed by atoms with Gasteiger partial charge < -0.3 is 0 Å². The van der Waals surface area contributed by atoms with Crippen molar-refractivity contribution in [1.82, 2.24) is 0 Å². The Hall–Kier alpha value is -1.12. The minimum Gasteiger partial charge on any atom is -0.261 e. The van der Waals surface area contributed by atoms with E-state index in [1.807, 2.05) is 48.5 Å². The molecule has 2 aromatic rings. The smallest absolute Gasteiger partial charge is 0.261 e. The number of aliphatic imine (C=N–C) groups is 2. The SMILES string of the molecule is C.Cl.Cl.NS(=O)(=O)C1=NCc2ccccc2S1.NS(=O)(=O)C1=NCc2ccccc2S1. The number of thioether (sulfide) groups is 2. The molecule has 0 amide bonds. The number of sulfonamides is 2. The molecule has 2 heterocycles. The molecule has 8 nitrogen and oxygen atoms in total. The third kappa shape index (κ3) is 8.06. The summed E-state index contributed by atoms with van der Waals surface area (Å²) in [6.07, 6.45) is 0. The van der Waals surface area contributed by atoms with Crippen LogP contribution >= 0.6 is 48.3 Å². The van der Waals surface area contributed by atoms with Crippen molar-refractivity contribution in [2.45, 2.75) is 30.3 Å². The summed E-state index contributed by atoms with van der Waals surface area (Å²) in [6, 6.07) is 15.1. The van der Waals surface area contributed by atoms with Crippen LogP contribution in [-0.2, 0) is 33.1 Å². The van der Waals surface area contributed by atoms with Gasteiger partial charge in [0.2, 0.25) is 8.75 Å². The first kappa shape index (κ1) is 29.9. The number of benzene rings is 2. The summed E-state index contributed by atoms with van der Waals surface area (Å²) in [7, 11) is -7.31. The molecular weight excluding hydrogens is 523 g/mol. The van der Waals surface area contributed by atoms with E-state index in [9.17, 15) is 16.8 Å². The summed E-state index contributed by atoms with van der Waals surface area (Å²) in [5.41, 5.74) is 2.06. The standard InChI is InChI=1S/2C8H8N2O2S2.CH4.2ClH/c2*9-14(11,12)8-10-5-6-3-1-2-4-7(6)13-8;;;/h2*1-4H,5H2,(H2,9,11,12);1H4;2*1H. The van der Waals surface area contributed by atoms with Gasteiger partial charge in [-0.15, -0.1) is 24.8 Å². The molecule has 0 fully saturated rings. The Morgan fingerprint density at radius 3 is 1.32 bits per heavy atom. The zero-order valence-electron chi connectivity index (χ0n) is 15.2. The van der Waals surface area contributed by atoms with E-state index < -0.39 is 20.0 Å². The van der Waals surface area contributed by atoms with E-state index in [1.165, 1.54) is 0 Å². The number of nitrogens with two attached hydrogens (primary N) is 2. The fourth-order valence-electron chi connectivity index (χ4n) is 2.32. The number of rotatable bonds is 0. The van der Waals surface area contributed by atoms with Crippen molar-refractivity contribution in [3.8, 4) is 0 Å². The number of nitrogens with zero attached hydrogens (tertiary/aromatic N) is 2. The maximum atomic E-state index is 11.0. The van der Waals surface area contributed by atoms with Crippen molar-refractivity contribution in [3.63, 3.8) is 0 Å². The third-order valence-corrected chi connectivity index (χ3v) is 8.55. The normalized spacial score (nSPS) is 14.4. The Morgan fingerprint density at radius 1 is 0.677 bits per heavy atom. The summed E-state index contributed by atoms with van der Waals surface area (Å²) < 4.78 is 44.1. The Morgan fingerprint density at radius 2 is 1.00 bits per heavy atom. The van der Waals surface area contributed by atoms with Crippen LogP contribution in [-0.4, -0.2) is 25.6 Å². The highest BCUT2D eigenvalue weighted by molar-refractivity contribution is 8.35. The van der Waals surface area contributed by atoms with Crippen LogP contribution < -0.4 is 10.3 Å². The average molecular weight is 546 g/mol. The van der Waals surface area contributed by atoms with Crippen LogP contribution in [0.25, 0.3) is 0 Å². The van der Waals surface area contributed by atoms with Gasteiger partial charge in [-0.05, 0) is 23.3 Å². The Kier molecular flexibility index (Phi) is 11.8. The van der Waals surface area contributed by atoms with Gasteiger partial charge in [0, 0.05) is 9.79 Å². The van der Waals surface area contributed by atoms with E-state index in [0.717, 1.165) is 44.4 Å². The van der Waals surface area contributed by atoms with Crippen molar-refractivity contribution in [1.29, 1.82) is 0 Å². The second-order valence-corrected chi connectivity index (χ2v) is 11.2. The second kappa shape index (κ2) is 12.2. The van der Waals surface area contributed by atoms with Crippen LogP contribution in [0, 0.1) is 0 Å². The highest BCUT2D eigenvalue weighted by Gasteiger charge is 2.21. The molecule has 172 valence electrons. The van der Waals surface area contributed by atoms with E-state index in [0.29, 0.717) is 13.1 Å². The lowest BCUT2D eigenvalue weighted by molar-refractivity contribution is 0.607. The molecule has 0 saturated carbocycles. The fraction of sp³-hybridized carbons (Fsp3) is 0.176. The zero-order chi connectivity index (χ0) is 20.4. The number of hydrogen-bond donors (Lipinski definition) is 2. The van der Waals surface area contributed by atoms with Gasteiger partial charge in [0.15, 0.2) is 0 Å². The summed E-state index contributed by atoms with van der Waals surface area (Å²) in [6.45, 7) is 0.768. The monoisotopic (exact) mass is 544 g/mol. The van der Waals surface area contributed by atoms with Crippen molar-refractivity contribution < 1.29 is 16.8 Å². The van der Waals surface area contributed by atoms with Gasteiger partial charge in [-0.1, -0.05) is 67.3 Å². The number of primary sulfonamides is 2. The van der Waals surface area contributed by atoms with Crippen LogP contribution in [0.15, 0.2) is 68.3 Å². The largest absolute Gasteiger partial charge is 0.261 e. The molecule has 2 aliphatic rings. The molecular formula is C17H22Cl2N4O4S4. The van der Waals surface area contributed by atoms with Gasteiger partial charge in [-0.2, -0.15) is 0 Å². The van der Waals surface area contributed by atoms with Crippen molar-refractivity contribution in [2.24, 2.45) is 20.3 Å². The van der Waals surface area contributed by atoms with Crippen molar-refractivity contribution >= 4 is 77.1 Å². The van der Waals surface area contributed by atoms with Gasteiger partial charge in [-0.3, -0.25) is 9.98 Å². The van der Waals surface area contributed by atoms with E-state index in [2.05, 4.69) is 9.98 Å². The van der Waals surface area contributed by atoms with Crippen molar-refractivity contribution in [2.75, 3.05) is 0 Å². The lowest BCUT2D eigenvalue weighted by Crippen LogP contribution is -2.22. The van der Waals surface area contributed by atoms with Gasteiger partial charge in [0.25, 0.3) is 20.0 Å². The molecule has 0 aliphatic carbocycles. The molecule has 0 saturated heterocycles. The number of hydrogen-bond acceptors (Lipinski definition) is 8. The molecule has 0 aromatic heterocycles. The van der Waals surface area contributed by atoms with Crippen LogP contribution in [0.1, 0.15) is 18.6 Å². The average Bonchev–Trinajstić information content (AvgIpc) is 2.66. The van der Waals surface area contributed by atoms with E-state index in [1.54, 1.807) is 0 Å². The third-order valence-electron chi connectivity index (χ3n) is 3.58. The molecule has 31 heavy (non-hydrogen) atoms. The summed E-state index contributed by atoms with van der Waals surface area (Å²) in [4.78, 5) is 9.64. The first-order chi connectivity index (χ1) is 13.1. The maximum absolute atomic E-state index is 11.0. The van der Waals surface area contributed by atoms with Crippen LogP contribution in [0.4, 0.5) is 0 Å². The van der Waals surface area contributed by atoms with E-state index >= 15 is 0 Å². The molecule has 4 N–H and O–H groups in total. The maximum Gasteiger partial charge on any atom is 0.261 e. The summed E-state index contributed by atoms with van der Waals surface area (Å²) >= 11 is 2.20. The number of fused-ring (bicyclic) bond motifs is 2. The Bertz CT molecular complexity index is 1090. The molecule has 2 aromatic carbocycles. The predicted octanol–water partition coefficient (Wildman–Crippen LogP) is 3.35. The second-order valence-electron chi connectivity index (χ2n) is 5.67. The molecule has 0 atom stereocenters. The Balaban J connectivity index is 0.000000529. The van der Waals surface area contributed by atoms with E-state index in [-0.39, 0.29) is 41.0 Å². The van der Waals surface area contributed by atoms with Gasteiger partial charge in [-0.25, -0.2) is 27.1 Å². The molecule has 14 heteroatoms. The first-order valence-corrected chi connectivity index (χ1v) is 12.5. The lowest BCUT2D eigenvalue weighted by atomic mass is 10.2. The quantitative estimate of drug-likeness (QED) is 0.519. The summed E-state index contributed by atoms with van der Waals surface area (Å²) in [5, 5.41) is 9.98. The van der Waals surface area contributed by atoms with E-state index in [4.69, 9.17) is 10.3 Å². The van der Waals surface area contributed by atoms with Crippen LogP contribution in [0.3, 0.4) is 0 Å². The highest BCUT2D eigenvalue weighted by Crippen LogP contribution is 2.31. The van der Waals surface area contributed by atoms with Crippen LogP contribution in [0.2, 0.25) is 0 Å². The molecule has 0 bridgehead atoms. The lowest BCUT2D eigenvalue weighted by Gasteiger charge is -2.13. The van der Waals surface area contributed by atoms with Crippen LogP contribution in [0.5, 0.6) is 0 Å². The zero-order valence-corrected chi connectivity index (χ0v) is 20.1. The first-order valence-electron chi connectivity index (χ1n) is 7.80. The molecule has 0 radical (unpaired) electrons. The van der Waals surface area contributed by atoms with Gasteiger partial charge in [0.05, 0.1) is 13.1 Å². The minimum absolute atomic E-state index is 0.